The fourth-order valence-electron chi connectivity index (χ4n) is 3.42. The van der Waals surface area contributed by atoms with Gasteiger partial charge < -0.3 is 24.9 Å². The van der Waals surface area contributed by atoms with Gasteiger partial charge in [0, 0.05) is 12.4 Å². The molecule has 0 aromatic carbocycles. The van der Waals surface area contributed by atoms with Crippen LogP contribution in [0.5, 0.6) is 0 Å². The number of imidazole rings is 1. The first-order valence-electron chi connectivity index (χ1n) is 10.9. The number of aryl methyl sites for hydroxylation is 1. The number of aromatic nitrogens is 3. The van der Waals surface area contributed by atoms with Gasteiger partial charge in [-0.3, -0.25) is 9.59 Å². The zero-order valence-electron chi connectivity index (χ0n) is 19.0. The third-order valence-corrected chi connectivity index (χ3v) is 5.37. The maximum absolute atomic E-state index is 13.0. The summed E-state index contributed by atoms with van der Waals surface area (Å²) < 4.78 is 45.7. The van der Waals surface area contributed by atoms with Crippen LogP contribution in [0.25, 0.3) is 5.65 Å². The van der Waals surface area contributed by atoms with Gasteiger partial charge in [0.2, 0.25) is 0 Å². The lowest BCUT2D eigenvalue weighted by molar-refractivity contribution is -0.141. The molecule has 2 amide bonds. The Morgan fingerprint density at radius 1 is 1.17 bits per heavy atom. The molecule has 3 aromatic rings. The van der Waals surface area contributed by atoms with Gasteiger partial charge in [0.15, 0.2) is 0 Å². The molecule has 0 atom stereocenters. The number of hydrogen-bond acceptors (Lipinski definition) is 6. The minimum Gasteiger partial charge on any atom is -0.390 e. The standard InChI is InChI=1S/C23H24F3N5O4/c1-22(2,34)7-6-13-9-31-10-17(15(8-19(31)27-13)20(32)28-14-11-35-12-14)30-21(33)16-4-3-5-18(29-16)23(24,25)26/h3-5,8-10,14,34H,6-7,11-12H2,1-2H3,(H,28,32)(H,30,33). The molecule has 0 radical (unpaired) electrons. The Morgan fingerprint density at radius 3 is 2.54 bits per heavy atom. The van der Waals surface area contributed by atoms with Crippen LogP contribution in [-0.2, 0) is 17.3 Å². The molecule has 1 fully saturated rings. The molecule has 35 heavy (non-hydrogen) atoms. The number of nitrogens with zero attached hydrogens (tertiary/aromatic N) is 3. The SMILES string of the molecule is CC(C)(O)CCc1cn2cc(NC(=O)c3cccc(C(F)(F)F)n3)c(C(=O)NC3COC3)cc2n1. The third kappa shape index (κ3) is 5.95. The average molecular weight is 491 g/mol. The molecule has 12 heteroatoms. The van der Waals surface area contributed by atoms with Gasteiger partial charge in [0.1, 0.15) is 17.0 Å². The van der Waals surface area contributed by atoms with Gasteiger partial charge in [-0.25, -0.2) is 9.97 Å². The Hall–Kier alpha value is -3.51. The molecule has 0 unspecified atom stereocenters. The van der Waals surface area contributed by atoms with E-state index in [0.717, 1.165) is 18.2 Å². The van der Waals surface area contributed by atoms with E-state index in [1.165, 1.54) is 12.3 Å². The second kappa shape index (κ2) is 9.27. The van der Waals surface area contributed by atoms with Gasteiger partial charge in [-0.15, -0.1) is 0 Å². The van der Waals surface area contributed by atoms with Crippen LogP contribution in [0, 0.1) is 0 Å². The zero-order chi connectivity index (χ0) is 25.4. The first-order chi connectivity index (χ1) is 16.4. The van der Waals surface area contributed by atoms with Crippen molar-refractivity contribution in [3.8, 4) is 0 Å². The predicted octanol–water partition coefficient (Wildman–Crippen LogP) is 2.83. The molecule has 3 N–H and O–H groups in total. The van der Waals surface area contributed by atoms with Crippen molar-refractivity contribution in [2.45, 2.75) is 44.5 Å². The number of carbonyl (C=O) groups is 2. The van der Waals surface area contributed by atoms with Gasteiger partial charge >= 0.3 is 6.18 Å². The molecule has 1 aliphatic heterocycles. The molecule has 4 heterocycles. The topological polar surface area (TPSA) is 118 Å². The highest BCUT2D eigenvalue weighted by Gasteiger charge is 2.33. The Balaban J connectivity index is 1.66. The van der Waals surface area contributed by atoms with Crippen molar-refractivity contribution in [2.75, 3.05) is 18.5 Å². The number of hydrogen-bond donors (Lipinski definition) is 3. The Morgan fingerprint density at radius 2 is 1.91 bits per heavy atom. The van der Waals surface area contributed by atoms with E-state index in [9.17, 15) is 27.9 Å². The summed E-state index contributed by atoms with van der Waals surface area (Å²) in [5.41, 5.74) is -1.28. The molecule has 0 saturated carbocycles. The second-order valence-electron chi connectivity index (χ2n) is 8.98. The number of pyridine rings is 2. The zero-order valence-corrected chi connectivity index (χ0v) is 19.0. The third-order valence-electron chi connectivity index (χ3n) is 5.37. The van der Waals surface area contributed by atoms with Gasteiger partial charge in [0.25, 0.3) is 11.8 Å². The summed E-state index contributed by atoms with van der Waals surface area (Å²) in [7, 11) is 0. The molecule has 3 aromatic heterocycles. The van der Waals surface area contributed by atoms with Crippen molar-refractivity contribution >= 4 is 23.1 Å². The highest BCUT2D eigenvalue weighted by Crippen LogP contribution is 2.28. The van der Waals surface area contributed by atoms with Crippen LogP contribution in [0.15, 0.2) is 36.7 Å². The summed E-state index contributed by atoms with van der Waals surface area (Å²) >= 11 is 0. The number of ether oxygens (including phenoxy) is 1. The van der Waals surface area contributed by atoms with Crippen molar-refractivity contribution in [3.05, 3.63) is 59.3 Å². The van der Waals surface area contributed by atoms with E-state index in [1.54, 1.807) is 24.4 Å². The number of alkyl halides is 3. The largest absolute Gasteiger partial charge is 0.433 e. The van der Waals surface area contributed by atoms with Gasteiger partial charge in [0.05, 0.1) is 41.8 Å². The quantitative estimate of drug-likeness (QED) is 0.468. The maximum Gasteiger partial charge on any atom is 0.433 e. The number of rotatable bonds is 7. The van der Waals surface area contributed by atoms with Crippen LogP contribution in [0.2, 0.25) is 0 Å². The fourth-order valence-corrected chi connectivity index (χ4v) is 3.42. The summed E-state index contributed by atoms with van der Waals surface area (Å²) in [5, 5.41) is 15.3. The van der Waals surface area contributed by atoms with Crippen LogP contribution >= 0.6 is 0 Å². The molecule has 4 rings (SSSR count). The van der Waals surface area contributed by atoms with Crippen LogP contribution < -0.4 is 10.6 Å². The molecule has 0 spiro atoms. The van der Waals surface area contributed by atoms with Gasteiger partial charge in [-0.05, 0) is 44.9 Å². The number of nitrogens with one attached hydrogen (secondary N) is 2. The summed E-state index contributed by atoms with van der Waals surface area (Å²) in [5.74, 6) is -1.40. The van der Waals surface area contributed by atoms with Crippen molar-refractivity contribution < 1.29 is 32.6 Å². The van der Waals surface area contributed by atoms with E-state index in [1.807, 2.05) is 0 Å². The van der Waals surface area contributed by atoms with E-state index in [-0.39, 0.29) is 17.3 Å². The van der Waals surface area contributed by atoms with Crippen molar-refractivity contribution in [2.24, 2.45) is 0 Å². The molecule has 0 bridgehead atoms. The predicted molar refractivity (Wildman–Crippen MR) is 119 cm³/mol. The number of halogens is 3. The van der Waals surface area contributed by atoms with E-state index in [4.69, 9.17) is 4.74 Å². The first-order valence-corrected chi connectivity index (χ1v) is 10.9. The number of aliphatic hydroxyl groups is 1. The number of amides is 2. The smallest absolute Gasteiger partial charge is 0.390 e. The molecular weight excluding hydrogens is 467 g/mol. The van der Waals surface area contributed by atoms with Crippen LogP contribution in [0.4, 0.5) is 18.9 Å². The van der Waals surface area contributed by atoms with E-state index in [0.29, 0.717) is 37.4 Å². The lowest BCUT2D eigenvalue weighted by Crippen LogP contribution is -2.48. The first kappa shape index (κ1) is 24.6. The summed E-state index contributed by atoms with van der Waals surface area (Å²) in [6.07, 6.45) is -0.617. The fraction of sp³-hybridized carbons (Fsp3) is 0.391. The van der Waals surface area contributed by atoms with E-state index in [2.05, 4.69) is 20.6 Å². The minimum atomic E-state index is -4.71. The van der Waals surface area contributed by atoms with Crippen molar-refractivity contribution in [1.29, 1.82) is 0 Å². The molecular formula is C23H24F3N5O4. The normalized spacial score (nSPS) is 14.6. The Kier molecular flexibility index (Phi) is 6.52. The minimum absolute atomic E-state index is 0.0749. The summed E-state index contributed by atoms with van der Waals surface area (Å²) in [6.45, 7) is 4.08. The van der Waals surface area contributed by atoms with Gasteiger partial charge in [-0.2, -0.15) is 13.2 Å². The summed E-state index contributed by atoms with van der Waals surface area (Å²) in [6, 6.07) is 4.30. The van der Waals surface area contributed by atoms with Gasteiger partial charge in [-0.1, -0.05) is 6.07 Å². The second-order valence-corrected chi connectivity index (χ2v) is 8.98. The monoisotopic (exact) mass is 491 g/mol. The van der Waals surface area contributed by atoms with E-state index >= 15 is 0 Å². The lowest BCUT2D eigenvalue weighted by atomic mass is 10.0. The van der Waals surface area contributed by atoms with Crippen LogP contribution in [-0.4, -0.2) is 56.1 Å². The number of fused-ring (bicyclic) bond motifs is 1. The Labute approximate surface area is 198 Å². The average Bonchev–Trinajstić information content (AvgIpc) is 3.15. The number of anilines is 1. The van der Waals surface area contributed by atoms with Crippen LogP contribution in [0.3, 0.4) is 0 Å². The lowest BCUT2D eigenvalue weighted by Gasteiger charge is -2.27. The molecule has 1 saturated heterocycles. The van der Waals surface area contributed by atoms with E-state index < -0.39 is 35.0 Å². The van der Waals surface area contributed by atoms with Crippen molar-refractivity contribution in [1.82, 2.24) is 19.7 Å². The molecule has 1 aliphatic rings. The number of carbonyl (C=O) groups excluding carboxylic acids is 2. The summed E-state index contributed by atoms with van der Waals surface area (Å²) in [4.78, 5) is 33.6. The van der Waals surface area contributed by atoms with Crippen LogP contribution in [0.1, 0.15) is 52.5 Å². The Bertz CT molecular complexity index is 1260. The highest BCUT2D eigenvalue weighted by molar-refractivity contribution is 6.08. The van der Waals surface area contributed by atoms with Crippen molar-refractivity contribution in [3.63, 3.8) is 0 Å². The molecule has 0 aliphatic carbocycles. The highest BCUT2D eigenvalue weighted by atomic mass is 19.4. The molecule has 186 valence electrons. The maximum atomic E-state index is 13.0. The molecule has 9 nitrogen and oxygen atoms in total.